The molecule has 0 unspecified atom stereocenters. The van der Waals surface area contributed by atoms with E-state index in [0.29, 0.717) is 12.3 Å². The first kappa shape index (κ1) is 20.2. The van der Waals surface area contributed by atoms with Crippen molar-refractivity contribution in [3.05, 3.63) is 107 Å². The van der Waals surface area contributed by atoms with Crippen molar-refractivity contribution < 1.29 is 0 Å². The third-order valence-corrected chi connectivity index (χ3v) is 6.57. The van der Waals surface area contributed by atoms with Crippen LogP contribution in [0.3, 0.4) is 0 Å². The van der Waals surface area contributed by atoms with E-state index in [1.54, 1.807) is 0 Å². The lowest BCUT2D eigenvalue weighted by molar-refractivity contribution is 0.863. The van der Waals surface area contributed by atoms with E-state index in [-0.39, 0.29) is 0 Å². The fourth-order valence-corrected chi connectivity index (χ4v) is 4.69. The molecule has 0 fully saturated rings. The molecule has 30 heavy (non-hydrogen) atoms. The van der Waals surface area contributed by atoms with E-state index < -0.39 is 0 Å². The first-order valence-corrected chi connectivity index (χ1v) is 11.2. The van der Waals surface area contributed by atoms with Crippen LogP contribution in [0.5, 0.6) is 0 Å². The Labute approximate surface area is 184 Å². The minimum atomic E-state index is 0.557. The van der Waals surface area contributed by atoms with E-state index in [4.69, 9.17) is 6.42 Å². The zero-order valence-electron chi connectivity index (χ0n) is 17.6. The Morgan fingerprint density at radius 1 is 0.733 bits per heavy atom. The topological polar surface area (TPSA) is 0 Å². The average Bonchev–Trinajstić information content (AvgIpc) is 3.25. The summed E-state index contributed by atoms with van der Waals surface area (Å²) in [5.41, 5.74) is 7.84. The summed E-state index contributed by atoms with van der Waals surface area (Å²) in [7, 11) is 0. The number of benzene rings is 3. The zero-order chi connectivity index (χ0) is 20.9. The number of rotatable bonds is 6. The molecule has 1 aromatic heterocycles. The van der Waals surface area contributed by atoms with Gasteiger partial charge in [-0.15, -0.1) is 23.7 Å². The molecule has 0 saturated carbocycles. The Morgan fingerprint density at radius 3 is 2.10 bits per heavy atom. The van der Waals surface area contributed by atoms with Crippen LogP contribution in [-0.2, 0) is 12.8 Å². The highest BCUT2D eigenvalue weighted by atomic mass is 32.1. The molecule has 0 aliphatic heterocycles. The minimum Gasteiger partial charge on any atom is -0.135 e. The summed E-state index contributed by atoms with van der Waals surface area (Å²) in [6, 6.07) is 30.9. The monoisotopic (exact) mass is 406 g/mol. The molecule has 0 amide bonds. The second kappa shape index (κ2) is 9.16. The maximum absolute atomic E-state index is 5.41. The number of thiophene rings is 1. The van der Waals surface area contributed by atoms with E-state index in [2.05, 4.69) is 105 Å². The number of hydrogen-bond donors (Lipinski definition) is 0. The standard InChI is InChI=1S/C29H26S/c1-4-7-22-12-14-25(15-13-22)28-16-17-29(30-28)27-11-6-9-24(20-27)18-23-8-5-10-26(19-23)21(2)3/h1,5-6,8-17,19-21H,7,18H2,2-3H3. The van der Waals surface area contributed by atoms with Gasteiger partial charge >= 0.3 is 0 Å². The summed E-state index contributed by atoms with van der Waals surface area (Å²) < 4.78 is 0. The number of terminal acetylenes is 1. The van der Waals surface area contributed by atoms with E-state index in [1.807, 2.05) is 11.3 Å². The van der Waals surface area contributed by atoms with Gasteiger partial charge in [-0.2, -0.15) is 0 Å². The Hall–Kier alpha value is -3.08. The molecule has 0 aliphatic rings. The fourth-order valence-electron chi connectivity index (χ4n) is 3.69. The molecule has 0 nitrogen and oxygen atoms in total. The van der Waals surface area contributed by atoms with Crippen molar-refractivity contribution in [1.82, 2.24) is 0 Å². The van der Waals surface area contributed by atoms with Crippen molar-refractivity contribution >= 4 is 11.3 Å². The van der Waals surface area contributed by atoms with Crippen LogP contribution in [-0.4, -0.2) is 0 Å². The molecule has 4 aromatic rings. The summed E-state index contributed by atoms with van der Waals surface area (Å²) in [4.78, 5) is 2.59. The highest BCUT2D eigenvalue weighted by Crippen LogP contribution is 2.35. The lowest BCUT2D eigenvalue weighted by atomic mass is 9.97. The second-order valence-corrected chi connectivity index (χ2v) is 9.10. The van der Waals surface area contributed by atoms with Gasteiger partial charge in [-0.05, 0) is 57.9 Å². The van der Waals surface area contributed by atoms with Crippen molar-refractivity contribution in [2.75, 3.05) is 0 Å². The Balaban J connectivity index is 1.54. The summed E-state index contributed by atoms with van der Waals surface area (Å²) in [6.45, 7) is 4.49. The first-order valence-electron chi connectivity index (χ1n) is 10.4. The maximum Gasteiger partial charge on any atom is 0.0349 e. The SMILES string of the molecule is C#CCc1ccc(-c2ccc(-c3cccc(Cc4cccc(C(C)C)c4)c3)s2)cc1. The van der Waals surface area contributed by atoms with E-state index in [9.17, 15) is 0 Å². The zero-order valence-corrected chi connectivity index (χ0v) is 18.4. The normalized spacial score (nSPS) is 10.9. The van der Waals surface area contributed by atoms with E-state index in [1.165, 1.54) is 43.1 Å². The fraction of sp³-hybridized carbons (Fsp3) is 0.172. The first-order chi connectivity index (χ1) is 14.6. The third-order valence-electron chi connectivity index (χ3n) is 5.39. The Bertz CT molecular complexity index is 1170. The van der Waals surface area contributed by atoms with Crippen molar-refractivity contribution in [3.63, 3.8) is 0 Å². The van der Waals surface area contributed by atoms with E-state index >= 15 is 0 Å². The molecule has 0 saturated heterocycles. The molecule has 1 heterocycles. The predicted molar refractivity (Wildman–Crippen MR) is 131 cm³/mol. The largest absolute Gasteiger partial charge is 0.135 e. The minimum absolute atomic E-state index is 0.557. The highest BCUT2D eigenvalue weighted by molar-refractivity contribution is 7.18. The van der Waals surface area contributed by atoms with Gasteiger partial charge in [-0.3, -0.25) is 0 Å². The molecule has 3 aromatic carbocycles. The van der Waals surface area contributed by atoms with Crippen LogP contribution in [0.1, 0.15) is 42.0 Å². The van der Waals surface area contributed by atoms with E-state index in [0.717, 1.165) is 6.42 Å². The Kier molecular flexibility index (Phi) is 6.17. The van der Waals surface area contributed by atoms with Crippen LogP contribution in [0.4, 0.5) is 0 Å². The quantitative estimate of drug-likeness (QED) is 0.285. The van der Waals surface area contributed by atoms with Gasteiger partial charge in [0.25, 0.3) is 0 Å². The van der Waals surface area contributed by atoms with Gasteiger partial charge in [0.05, 0.1) is 0 Å². The smallest absolute Gasteiger partial charge is 0.0349 e. The molecule has 4 rings (SSSR count). The van der Waals surface area contributed by atoms with Crippen LogP contribution < -0.4 is 0 Å². The lowest BCUT2D eigenvalue weighted by Crippen LogP contribution is -1.92. The molecule has 0 spiro atoms. The van der Waals surface area contributed by atoms with Crippen LogP contribution in [0, 0.1) is 12.3 Å². The number of hydrogen-bond acceptors (Lipinski definition) is 1. The lowest BCUT2D eigenvalue weighted by Gasteiger charge is -2.09. The van der Waals surface area contributed by atoms with Gasteiger partial charge in [0.15, 0.2) is 0 Å². The molecular formula is C29H26S. The summed E-state index contributed by atoms with van der Waals surface area (Å²) in [6.07, 6.45) is 7.06. The maximum atomic E-state index is 5.41. The van der Waals surface area contributed by atoms with Crippen molar-refractivity contribution in [3.8, 4) is 33.2 Å². The average molecular weight is 407 g/mol. The highest BCUT2D eigenvalue weighted by Gasteiger charge is 2.07. The molecule has 0 bridgehead atoms. The van der Waals surface area contributed by atoms with Crippen molar-refractivity contribution in [1.29, 1.82) is 0 Å². The van der Waals surface area contributed by atoms with Gasteiger partial charge in [-0.25, -0.2) is 0 Å². The predicted octanol–water partition coefficient (Wildman–Crippen LogP) is 7.97. The van der Waals surface area contributed by atoms with Crippen molar-refractivity contribution in [2.24, 2.45) is 0 Å². The molecular weight excluding hydrogens is 380 g/mol. The Morgan fingerprint density at radius 2 is 1.40 bits per heavy atom. The van der Waals surface area contributed by atoms with Gasteiger partial charge in [-0.1, -0.05) is 86.6 Å². The van der Waals surface area contributed by atoms with Crippen LogP contribution >= 0.6 is 11.3 Å². The summed E-state index contributed by atoms with van der Waals surface area (Å²) >= 11 is 1.84. The van der Waals surface area contributed by atoms with Crippen molar-refractivity contribution in [2.45, 2.75) is 32.6 Å². The van der Waals surface area contributed by atoms with Gasteiger partial charge in [0.1, 0.15) is 0 Å². The second-order valence-electron chi connectivity index (χ2n) is 8.02. The molecule has 0 atom stereocenters. The third kappa shape index (κ3) is 4.73. The molecule has 148 valence electrons. The van der Waals surface area contributed by atoms with Gasteiger partial charge in [0, 0.05) is 16.2 Å². The van der Waals surface area contributed by atoms with Gasteiger partial charge < -0.3 is 0 Å². The van der Waals surface area contributed by atoms with Crippen LogP contribution in [0.25, 0.3) is 20.9 Å². The summed E-state index contributed by atoms with van der Waals surface area (Å²) in [5.74, 6) is 3.26. The van der Waals surface area contributed by atoms with Crippen LogP contribution in [0.2, 0.25) is 0 Å². The molecule has 0 N–H and O–H groups in total. The molecule has 1 heteroatoms. The van der Waals surface area contributed by atoms with Crippen LogP contribution in [0.15, 0.2) is 84.9 Å². The van der Waals surface area contributed by atoms with Gasteiger partial charge in [0.2, 0.25) is 0 Å². The summed E-state index contributed by atoms with van der Waals surface area (Å²) in [5, 5.41) is 0. The molecule has 0 radical (unpaired) electrons. The molecule has 0 aliphatic carbocycles.